The van der Waals surface area contributed by atoms with Gasteiger partial charge in [-0.3, -0.25) is 0 Å². The Hall–Kier alpha value is -5.06. The standard InChI is InChI=1S/C32H20N4/c33-19-21-12-15-23(16-13-21)35-28-9-4-2-7-25(28)32-30(35)10-5-11-31(32)36-27-8-3-1-6-24(27)26-18-22(20-34)14-17-29(26)36/h1-3,5-8,10-18H,4,9H2. The van der Waals surface area contributed by atoms with E-state index in [1.165, 1.54) is 16.6 Å². The number of allylic oxidation sites excluding steroid dienone is 1. The van der Waals surface area contributed by atoms with Crippen molar-refractivity contribution in [1.82, 2.24) is 9.13 Å². The topological polar surface area (TPSA) is 57.4 Å². The van der Waals surface area contributed by atoms with Crippen LogP contribution in [0.4, 0.5) is 0 Å². The van der Waals surface area contributed by atoms with E-state index in [1.54, 1.807) is 0 Å². The van der Waals surface area contributed by atoms with Gasteiger partial charge in [-0.1, -0.05) is 36.4 Å². The Labute approximate surface area is 208 Å². The van der Waals surface area contributed by atoms with Crippen LogP contribution in [0.15, 0.2) is 91.0 Å². The molecule has 0 N–H and O–H groups in total. The summed E-state index contributed by atoms with van der Waals surface area (Å²) in [6, 6.07) is 33.2. The first-order chi connectivity index (χ1) is 17.8. The van der Waals surface area contributed by atoms with Crippen LogP contribution in [0.1, 0.15) is 28.8 Å². The van der Waals surface area contributed by atoms with Gasteiger partial charge in [-0.25, -0.2) is 0 Å². The van der Waals surface area contributed by atoms with Gasteiger partial charge in [-0.15, -0.1) is 0 Å². The normalized spacial score (nSPS) is 12.6. The lowest BCUT2D eigenvalue weighted by atomic mass is 10.0. The monoisotopic (exact) mass is 460 g/mol. The average Bonchev–Trinajstić information content (AvgIpc) is 3.46. The first-order valence-electron chi connectivity index (χ1n) is 12.1. The Morgan fingerprint density at radius 2 is 1.42 bits per heavy atom. The van der Waals surface area contributed by atoms with Crippen LogP contribution in [0.5, 0.6) is 0 Å². The van der Waals surface area contributed by atoms with Gasteiger partial charge in [0.05, 0.1) is 45.5 Å². The summed E-state index contributed by atoms with van der Waals surface area (Å²) in [5.41, 5.74) is 9.40. The minimum atomic E-state index is 0.659. The van der Waals surface area contributed by atoms with E-state index in [1.807, 2.05) is 36.4 Å². The van der Waals surface area contributed by atoms with E-state index >= 15 is 0 Å². The van der Waals surface area contributed by atoms with Gasteiger partial charge < -0.3 is 9.13 Å². The molecule has 4 heteroatoms. The summed E-state index contributed by atoms with van der Waals surface area (Å²) in [6.07, 6.45) is 6.47. The number of nitrogens with zero attached hydrogens (tertiary/aromatic N) is 4. The Kier molecular flexibility index (Phi) is 4.37. The number of aromatic nitrogens is 2. The smallest absolute Gasteiger partial charge is 0.0991 e. The molecule has 1 aliphatic rings. The number of rotatable bonds is 2. The number of fused-ring (bicyclic) bond motifs is 6. The number of hydrogen-bond acceptors (Lipinski definition) is 2. The third-order valence-electron chi connectivity index (χ3n) is 7.24. The van der Waals surface area contributed by atoms with Gasteiger partial charge in [0, 0.05) is 33.1 Å². The van der Waals surface area contributed by atoms with E-state index in [4.69, 9.17) is 0 Å². The summed E-state index contributed by atoms with van der Waals surface area (Å²) < 4.78 is 4.68. The van der Waals surface area contributed by atoms with Crippen molar-refractivity contribution in [2.24, 2.45) is 0 Å². The van der Waals surface area contributed by atoms with Gasteiger partial charge in [0.25, 0.3) is 0 Å². The Balaban J connectivity index is 1.61. The van der Waals surface area contributed by atoms with Gasteiger partial charge in [0.1, 0.15) is 0 Å². The second-order valence-corrected chi connectivity index (χ2v) is 9.16. The molecule has 2 heterocycles. The van der Waals surface area contributed by atoms with Crippen LogP contribution >= 0.6 is 0 Å². The van der Waals surface area contributed by atoms with Crippen molar-refractivity contribution in [3.8, 4) is 23.5 Å². The maximum absolute atomic E-state index is 9.53. The fourth-order valence-electron chi connectivity index (χ4n) is 5.72. The molecule has 0 spiro atoms. The quantitative estimate of drug-likeness (QED) is 0.270. The van der Waals surface area contributed by atoms with Crippen molar-refractivity contribution >= 4 is 38.8 Å². The zero-order valence-electron chi connectivity index (χ0n) is 19.4. The Bertz CT molecular complexity index is 1950. The van der Waals surface area contributed by atoms with Gasteiger partial charge in [-0.05, 0) is 73.5 Å². The van der Waals surface area contributed by atoms with Crippen molar-refractivity contribution in [1.29, 1.82) is 10.5 Å². The van der Waals surface area contributed by atoms with Crippen LogP contribution < -0.4 is 0 Å². The van der Waals surface area contributed by atoms with Crippen molar-refractivity contribution in [3.63, 3.8) is 0 Å². The first-order valence-corrected chi connectivity index (χ1v) is 12.1. The lowest BCUT2D eigenvalue weighted by Crippen LogP contribution is -2.02. The molecule has 0 unspecified atom stereocenters. The molecule has 6 aromatic rings. The minimum absolute atomic E-state index is 0.659. The summed E-state index contributed by atoms with van der Waals surface area (Å²) >= 11 is 0. The maximum atomic E-state index is 9.53. The zero-order valence-corrected chi connectivity index (χ0v) is 19.4. The molecule has 4 nitrogen and oxygen atoms in total. The molecular weight excluding hydrogens is 440 g/mol. The summed E-state index contributed by atoms with van der Waals surface area (Å²) in [5, 5.41) is 22.2. The molecule has 4 aromatic carbocycles. The van der Waals surface area contributed by atoms with Gasteiger partial charge in [0.15, 0.2) is 0 Å². The van der Waals surface area contributed by atoms with Crippen molar-refractivity contribution in [2.75, 3.05) is 0 Å². The van der Waals surface area contributed by atoms with Crippen molar-refractivity contribution in [3.05, 3.63) is 113 Å². The molecule has 36 heavy (non-hydrogen) atoms. The Morgan fingerprint density at radius 1 is 0.667 bits per heavy atom. The van der Waals surface area contributed by atoms with E-state index in [9.17, 15) is 10.5 Å². The van der Waals surface area contributed by atoms with E-state index in [2.05, 4.69) is 82.0 Å². The second-order valence-electron chi connectivity index (χ2n) is 9.16. The highest BCUT2D eigenvalue weighted by atomic mass is 15.0. The predicted molar refractivity (Wildman–Crippen MR) is 144 cm³/mol. The van der Waals surface area contributed by atoms with E-state index < -0.39 is 0 Å². The zero-order chi connectivity index (χ0) is 24.2. The third kappa shape index (κ3) is 2.79. The molecule has 2 aromatic heterocycles. The third-order valence-corrected chi connectivity index (χ3v) is 7.24. The molecule has 0 aliphatic heterocycles. The largest absolute Gasteiger partial charge is 0.313 e. The van der Waals surface area contributed by atoms with Crippen LogP contribution in [-0.2, 0) is 6.42 Å². The SMILES string of the molecule is N#Cc1ccc(-n2c3c(c4c(-n5c6ccccc6c6cc(C#N)ccc65)cccc42)C=CCC3)cc1. The van der Waals surface area contributed by atoms with Crippen LogP contribution in [-0.4, -0.2) is 9.13 Å². The molecule has 7 rings (SSSR count). The first kappa shape index (κ1) is 20.3. The number of benzene rings is 4. The lowest BCUT2D eigenvalue weighted by Gasteiger charge is -2.13. The lowest BCUT2D eigenvalue weighted by molar-refractivity contribution is 0.888. The van der Waals surface area contributed by atoms with E-state index in [0.29, 0.717) is 11.1 Å². The predicted octanol–water partition coefficient (Wildman–Crippen LogP) is 7.43. The van der Waals surface area contributed by atoms with Crippen LogP contribution in [0.25, 0.3) is 50.2 Å². The maximum Gasteiger partial charge on any atom is 0.0991 e. The van der Waals surface area contributed by atoms with Crippen LogP contribution in [0.3, 0.4) is 0 Å². The molecule has 0 amide bonds. The molecule has 0 radical (unpaired) electrons. The molecule has 0 fully saturated rings. The summed E-state index contributed by atoms with van der Waals surface area (Å²) in [7, 11) is 0. The highest BCUT2D eigenvalue weighted by Crippen LogP contribution is 2.40. The van der Waals surface area contributed by atoms with Crippen LogP contribution in [0, 0.1) is 22.7 Å². The van der Waals surface area contributed by atoms with E-state index in [-0.39, 0.29) is 0 Å². The number of para-hydroxylation sites is 1. The van der Waals surface area contributed by atoms with Crippen LogP contribution in [0.2, 0.25) is 0 Å². The van der Waals surface area contributed by atoms with Gasteiger partial charge >= 0.3 is 0 Å². The fraction of sp³-hybridized carbons (Fsp3) is 0.0625. The van der Waals surface area contributed by atoms with Crippen molar-refractivity contribution < 1.29 is 0 Å². The molecule has 0 atom stereocenters. The highest BCUT2D eigenvalue weighted by molar-refractivity contribution is 6.11. The van der Waals surface area contributed by atoms with E-state index in [0.717, 1.165) is 51.5 Å². The molecular formula is C32H20N4. The van der Waals surface area contributed by atoms with Gasteiger partial charge in [0.2, 0.25) is 0 Å². The summed E-state index contributed by atoms with van der Waals surface area (Å²) in [4.78, 5) is 0. The van der Waals surface area contributed by atoms with Crippen molar-refractivity contribution in [2.45, 2.75) is 12.8 Å². The molecule has 0 bridgehead atoms. The summed E-state index contributed by atoms with van der Waals surface area (Å²) in [5.74, 6) is 0. The fourth-order valence-corrected chi connectivity index (χ4v) is 5.72. The molecule has 0 saturated heterocycles. The molecule has 0 saturated carbocycles. The summed E-state index contributed by atoms with van der Waals surface area (Å²) in [6.45, 7) is 0. The Morgan fingerprint density at radius 3 is 2.25 bits per heavy atom. The minimum Gasteiger partial charge on any atom is -0.313 e. The average molecular weight is 461 g/mol. The number of hydrogen-bond donors (Lipinski definition) is 0. The highest BCUT2D eigenvalue weighted by Gasteiger charge is 2.23. The second kappa shape index (κ2) is 7.73. The number of nitriles is 2. The molecule has 1 aliphatic carbocycles. The van der Waals surface area contributed by atoms with Gasteiger partial charge in [-0.2, -0.15) is 10.5 Å². The molecule has 168 valence electrons.